The molecule has 0 spiro atoms. The summed E-state index contributed by atoms with van der Waals surface area (Å²) in [7, 11) is 0. The molecule has 2 amide bonds. The van der Waals surface area contributed by atoms with E-state index in [1.165, 1.54) is 25.7 Å². The second-order valence-electron chi connectivity index (χ2n) is 7.95. The number of likely N-dealkylation sites (tertiary alicyclic amines) is 1. The third-order valence-electron chi connectivity index (χ3n) is 5.96. The van der Waals surface area contributed by atoms with Gasteiger partial charge in [0.1, 0.15) is 0 Å². The Bertz CT molecular complexity index is 706. The molecule has 3 atom stereocenters. The Morgan fingerprint density at radius 3 is 2.59 bits per heavy atom. The highest BCUT2D eigenvalue weighted by Gasteiger charge is 2.35. The van der Waals surface area contributed by atoms with Crippen LogP contribution in [0.25, 0.3) is 0 Å². The maximum absolute atomic E-state index is 12.6. The van der Waals surface area contributed by atoms with E-state index in [2.05, 4.69) is 0 Å². The molecule has 1 aromatic carbocycles. The molecule has 1 aliphatic carbocycles. The van der Waals surface area contributed by atoms with Crippen LogP contribution >= 0.6 is 0 Å². The molecule has 0 aromatic heterocycles. The van der Waals surface area contributed by atoms with Crippen molar-refractivity contribution in [3.05, 3.63) is 35.9 Å². The maximum atomic E-state index is 12.6. The highest BCUT2D eigenvalue weighted by molar-refractivity contribution is 5.83. The van der Waals surface area contributed by atoms with Crippen molar-refractivity contribution in [2.45, 2.75) is 69.9 Å². The maximum Gasteiger partial charge on any atom is 0.332 e. The molecule has 1 aromatic rings. The zero-order valence-electron chi connectivity index (χ0n) is 16.7. The Balaban J connectivity index is 1.36. The highest BCUT2D eigenvalue weighted by Crippen LogP contribution is 2.35. The number of benzene rings is 1. The summed E-state index contributed by atoms with van der Waals surface area (Å²) in [5.41, 5.74) is 2.40. The van der Waals surface area contributed by atoms with Crippen LogP contribution in [0, 0.1) is 5.92 Å². The molecule has 2 N–H and O–H groups in total. The summed E-state index contributed by atoms with van der Waals surface area (Å²) in [5.74, 6) is -0.687. The van der Waals surface area contributed by atoms with Crippen LogP contribution in [0.5, 0.6) is 0 Å². The minimum atomic E-state index is -1.41. The number of fused-ring (bicyclic) bond motifs is 1. The Hall–Kier alpha value is -2.41. The van der Waals surface area contributed by atoms with Gasteiger partial charge in [-0.15, -0.1) is 0 Å². The zero-order valence-corrected chi connectivity index (χ0v) is 16.7. The summed E-state index contributed by atoms with van der Waals surface area (Å²) in [4.78, 5) is 43.1. The van der Waals surface area contributed by atoms with Crippen molar-refractivity contribution < 1.29 is 24.3 Å². The van der Waals surface area contributed by atoms with Gasteiger partial charge in [-0.2, -0.15) is 5.48 Å². The van der Waals surface area contributed by atoms with Gasteiger partial charge in [-0.25, -0.2) is 4.79 Å². The quantitative estimate of drug-likeness (QED) is 0.713. The number of hydrogen-bond acceptors (Lipinski definition) is 5. The van der Waals surface area contributed by atoms with Gasteiger partial charge in [0.25, 0.3) is 5.91 Å². The Morgan fingerprint density at radius 1 is 1.07 bits per heavy atom. The van der Waals surface area contributed by atoms with Gasteiger partial charge in [-0.05, 0) is 43.6 Å². The van der Waals surface area contributed by atoms with Crippen molar-refractivity contribution in [1.82, 2.24) is 10.4 Å². The zero-order chi connectivity index (χ0) is 20.6. The summed E-state index contributed by atoms with van der Waals surface area (Å²) in [5, 5.41) is 9.94. The van der Waals surface area contributed by atoms with Crippen molar-refractivity contribution in [2.24, 2.45) is 5.92 Å². The van der Waals surface area contributed by atoms with E-state index in [0.717, 1.165) is 19.4 Å². The van der Waals surface area contributed by atoms with Crippen LogP contribution in [0.15, 0.2) is 30.3 Å². The molecule has 3 unspecified atom stereocenters. The molecule has 29 heavy (non-hydrogen) atoms. The van der Waals surface area contributed by atoms with Crippen LogP contribution in [0.1, 0.15) is 69.5 Å². The standard InChI is InChI=1S/C22H30N2O5/c25-19(24-15-7-11-16-8-4-5-12-18(16)24)13-6-14-20(26)29-23-22(28)21(27)17-9-2-1-3-10-17/h1-3,9-10,16,18,21,27H,4-8,11-15H2,(H,23,28). The van der Waals surface area contributed by atoms with Crippen LogP contribution in [0.3, 0.4) is 0 Å². The van der Waals surface area contributed by atoms with Crippen LogP contribution < -0.4 is 5.48 Å². The summed E-state index contributed by atoms with van der Waals surface area (Å²) >= 11 is 0. The largest absolute Gasteiger partial charge is 0.378 e. The third kappa shape index (κ3) is 5.79. The van der Waals surface area contributed by atoms with E-state index >= 15 is 0 Å². The van der Waals surface area contributed by atoms with Crippen LogP contribution in [-0.2, 0) is 19.2 Å². The normalized spacial score (nSPS) is 22.3. The fourth-order valence-electron chi connectivity index (χ4n) is 4.46. The summed E-state index contributed by atoms with van der Waals surface area (Å²) in [6.45, 7) is 0.817. The van der Waals surface area contributed by atoms with Crippen molar-refractivity contribution in [3.63, 3.8) is 0 Å². The third-order valence-corrected chi connectivity index (χ3v) is 5.96. The molecule has 7 nitrogen and oxygen atoms in total. The first-order valence-corrected chi connectivity index (χ1v) is 10.6. The molecule has 1 saturated carbocycles. The number of carbonyl (C=O) groups is 3. The number of aliphatic hydroxyl groups is 1. The minimum absolute atomic E-state index is 0.0371. The minimum Gasteiger partial charge on any atom is -0.378 e. The molecular weight excluding hydrogens is 372 g/mol. The first-order chi connectivity index (χ1) is 14.1. The molecule has 0 radical (unpaired) electrons. The SMILES string of the molecule is O=C(CCCC(=O)N1CCCC2CCCCC21)ONC(=O)C(O)c1ccccc1. The van der Waals surface area contributed by atoms with E-state index in [4.69, 9.17) is 4.84 Å². The Morgan fingerprint density at radius 2 is 1.79 bits per heavy atom. The van der Waals surface area contributed by atoms with Gasteiger partial charge in [0.2, 0.25) is 5.91 Å². The molecule has 3 rings (SSSR count). The number of piperidine rings is 1. The molecule has 2 aliphatic rings. The monoisotopic (exact) mass is 402 g/mol. The second kappa shape index (κ2) is 10.4. The number of nitrogens with one attached hydrogen (secondary N) is 1. The molecule has 158 valence electrons. The van der Waals surface area contributed by atoms with Gasteiger partial charge in [0.15, 0.2) is 6.10 Å². The van der Waals surface area contributed by atoms with E-state index in [1.54, 1.807) is 30.3 Å². The number of nitrogens with zero attached hydrogens (tertiary/aromatic N) is 1. The van der Waals surface area contributed by atoms with Gasteiger partial charge >= 0.3 is 5.97 Å². The van der Waals surface area contributed by atoms with Gasteiger partial charge in [0, 0.05) is 25.4 Å². The topological polar surface area (TPSA) is 95.9 Å². The number of rotatable bonds is 6. The van der Waals surface area contributed by atoms with Gasteiger partial charge < -0.3 is 14.8 Å². The Kier molecular flexibility index (Phi) is 7.63. The van der Waals surface area contributed by atoms with Crippen molar-refractivity contribution in [3.8, 4) is 0 Å². The average molecular weight is 402 g/mol. The van der Waals surface area contributed by atoms with E-state index in [1.807, 2.05) is 10.4 Å². The molecular formula is C22H30N2O5. The van der Waals surface area contributed by atoms with E-state index in [-0.39, 0.29) is 12.3 Å². The number of hydroxylamine groups is 1. The van der Waals surface area contributed by atoms with Crippen LogP contribution in [0.2, 0.25) is 0 Å². The van der Waals surface area contributed by atoms with E-state index < -0.39 is 18.0 Å². The summed E-state index contributed by atoms with van der Waals surface area (Å²) in [6.07, 6.45) is 6.35. The summed E-state index contributed by atoms with van der Waals surface area (Å²) < 4.78 is 0. The van der Waals surface area contributed by atoms with Crippen LogP contribution in [-0.4, -0.2) is 40.4 Å². The molecule has 0 bridgehead atoms. The predicted octanol–water partition coefficient (Wildman–Crippen LogP) is 2.65. The first kappa shape index (κ1) is 21.3. The lowest BCUT2D eigenvalue weighted by Crippen LogP contribution is -2.49. The van der Waals surface area contributed by atoms with Crippen LogP contribution in [0.4, 0.5) is 0 Å². The summed E-state index contributed by atoms with van der Waals surface area (Å²) in [6, 6.07) is 8.76. The molecule has 1 aliphatic heterocycles. The van der Waals surface area contributed by atoms with Crippen molar-refractivity contribution in [1.29, 1.82) is 0 Å². The number of carbonyl (C=O) groups excluding carboxylic acids is 3. The van der Waals surface area contributed by atoms with Crippen molar-refractivity contribution >= 4 is 17.8 Å². The fraction of sp³-hybridized carbons (Fsp3) is 0.591. The number of amides is 2. The highest BCUT2D eigenvalue weighted by atomic mass is 16.7. The Labute approximate surface area is 171 Å². The average Bonchev–Trinajstić information content (AvgIpc) is 2.77. The molecule has 1 saturated heterocycles. The second-order valence-corrected chi connectivity index (χ2v) is 7.95. The number of hydrogen-bond donors (Lipinski definition) is 2. The van der Waals surface area contributed by atoms with E-state index in [0.29, 0.717) is 30.4 Å². The van der Waals surface area contributed by atoms with Gasteiger partial charge in [-0.1, -0.05) is 43.2 Å². The molecule has 7 heteroatoms. The smallest absolute Gasteiger partial charge is 0.332 e. The molecule has 1 heterocycles. The van der Waals surface area contributed by atoms with E-state index in [9.17, 15) is 19.5 Å². The lowest BCUT2D eigenvalue weighted by Gasteiger charge is -2.44. The predicted molar refractivity (Wildman–Crippen MR) is 106 cm³/mol. The number of aliphatic hydroxyl groups excluding tert-OH is 1. The van der Waals surface area contributed by atoms with Crippen molar-refractivity contribution in [2.75, 3.05) is 6.54 Å². The fourth-order valence-corrected chi connectivity index (χ4v) is 4.46. The lowest BCUT2D eigenvalue weighted by molar-refractivity contribution is -0.161. The van der Waals surface area contributed by atoms with Gasteiger partial charge in [0.05, 0.1) is 0 Å². The first-order valence-electron chi connectivity index (χ1n) is 10.6. The molecule has 2 fully saturated rings. The van der Waals surface area contributed by atoms with Gasteiger partial charge in [-0.3, -0.25) is 9.59 Å². The lowest BCUT2D eigenvalue weighted by atomic mass is 9.78.